The van der Waals surface area contributed by atoms with Gasteiger partial charge >= 0.3 is 6.18 Å². The minimum Gasteiger partial charge on any atom is -0.353 e. The Balaban J connectivity index is 1.47. The zero-order valence-corrected chi connectivity index (χ0v) is 18.1. The molecule has 1 amide bonds. The predicted molar refractivity (Wildman–Crippen MR) is 117 cm³/mol. The highest BCUT2D eigenvalue weighted by molar-refractivity contribution is 7.99. The lowest BCUT2D eigenvalue weighted by atomic mass is 9.85. The van der Waals surface area contributed by atoms with Gasteiger partial charge in [0.25, 0.3) is 0 Å². The number of para-hydroxylation sites is 1. The molecule has 1 aromatic heterocycles. The van der Waals surface area contributed by atoms with Crippen molar-refractivity contribution in [3.05, 3.63) is 60.7 Å². The molecule has 0 aliphatic heterocycles. The number of rotatable bonds is 6. The predicted octanol–water partition coefficient (Wildman–Crippen LogP) is 5.26. The second-order valence-corrected chi connectivity index (χ2v) is 8.74. The van der Waals surface area contributed by atoms with Gasteiger partial charge in [0, 0.05) is 17.3 Å². The molecule has 0 spiro atoms. The van der Waals surface area contributed by atoms with Crippen molar-refractivity contribution >= 4 is 17.7 Å². The topological polar surface area (TPSA) is 59.8 Å². The Bertz CT molecular complexity index is 1040. The molecule has 9 heteroatoms. The number of thioether (sulfide) groups is 1. The summed E-state index contributed by atoms with van der Waals surface area (Å²) in [5, 5.41) is 11.9. The molecule has 1 saturated carbocycles. The summed E-state index contributed by atoms with van der Waals surface area (Å²) in [6.45, 7) is 0. The van der Waals surface area contributed by atoms with Crippen LogP contribution in [0.4, 0.5) is 13.2 Å². The molecular weight excluding hydrogens is 437 g/mol. The second-order valence-electron chi connectivity index (χ2n) is 7.80. The molecule has 3 aromatic rings. The average Bonchev–Trinajstić information content (AvgIpc) is 3.22. The first-order chi connectivity index (χ1) is 15.4. The maximum absolute atomic E-state index is 13.0. The summed E-state index contributed by atoms with van der Waals surface area (Å²) in [7, 11) is 0. The van der Waals surface area contributed by atoms with E-state index in [2.05, 4.69) is 15.5 Å². The maximum atomic E-state index is 13.0. The van der Waals surface area contributed by atoms with E-state index in [9.17, 15) is 18.0 Å². The van der Waals surface area contributed by atoms with Gasteiger partial charge in [0.05, 0.1) is 11.7 Å². The first kappa shape index (κ1) is 22.4. The van der Waals surface area contributed by atoms with E-state index < -0.39 is 18.1 Å². The number of hydrogen-bond donors (Lipinski definition) is 1. The van der Waals surface area contributed by atoms with Crippen molar-refractivity contribution < 1.29 is 18.0 Å². The second kappa shape index (κ2) is 9.77. The van der Waals surface area contributed by atoms with Crippen LogP contribution in [0.25, 0.3) is 17.1 Å². The summed E-state index contributed by atoms with van der Waals surface area (Å²) < 4.78 is 41.0. The molecule has 2 atom stereocenters. The van der Waals surface area contributed by atoms with E-state index in [1.54, 1.807) is 0 Å². The van der Waals surface area contributed by atoms with E-state index in [0.29, 0.717) is 23.8 Å². The van der Waals surface area contributed by atoms with Gasteiger partial charge in [0.1, 0.15) is 0 Å². The van der Waals surface area contributed by atoms with Crippen molar-refractivity contribution in [3.63, 3.8) is 0 Å². The Morgan fingerprint density at radius 1 is 1.03 bits per heavy atom. The van der Waals surface area contributed by atoms with Crippen LogP contribution in [-0.4, -0.2) is 38.6 Å². The number of alkyl halides is 3. The van der Waals surface area contributed by atoms with Gasteiger partial charge in [-0.15, -0.1) is 10.2 Å². The molecule has 0 radical (unpaired) electrons. The van der Waals surface area contributed by atoms with Crippen molar-refractivity contribution in [2.45, 2.75) is 43.1 Å². The summed E-state index contributed by atoms with van der Waals surface area (Å²) in [6.07, 6.45) is -3.10. The van der Waals surface area contributed by atoms with Crippen molar-refractivity contribution in [1.29, 1.82) is 0 Å². The summed E-state index contributed by atoms with van der Waals surface area (Å²) in [5.41, 5.74) is 1.75. The molecule has 168 valence electrons. The molecule has 4 rings (SSSR count). The molecule has 0 saturated heterocycles. The third kappa shape index (κ3) is 5.32. The number of carbonyl (C=O) groups is 1. The molecule has 2 unspecified atom stereocenters. The Morgan fingerprint density at radius 3 is 2.41 bits per heavy atom. The van der Waals surface area contributed by atoms with Crippen molar-refractivity contribution in [1.82, 2.24) is 20.1 Å². The Hall–Kier alpha value is -2.81. The Kier molecular flexibility index (Phi) is 6.83. The lowest BCUT2D eigenvalue weighted by Gasteiger charge is -2.31. The highest BCUT2D eigenvalue weighted by Gasteiger charge is 2.42. The molecule has 1 aliphatic rings. The van der Waals surface area contributed by atoms with E-state index in [-0.39, 0.29) is 24.5 Å². The van der Waals surface area contributed by atoms with Crippen molar-refractivity contribution in [3.8, 4) is 17.1 Å². The fourth-order valence-corrected chi connectivity index (χ4v) is 4.73. The quantitative estimate of drug-likeness (QED) is 0.510. The Labute approximate surface area is 188 Å². The first-order valence-corrected chi connectivity index (χ1v) is 11.5. The minimum absolute atomic E-state index is 0.0486. The van der Waals surface area contributed by atoms with Crippen LogP contribution >= 0.6 is 11.8 Å². The standard InChI is InChI=1S/C23H23F3N4OS/c24-23(25,26)17-10-7-11-18(14-17)27-20(31)15-32-22-29-28-21(16-8-3-1-4-9-16)30(22)19-12-5-2-6-13-19/h1-6,8-9,12-13,17-18H,7,10-11,14-15H2,(H,27,31). The third-order valence-corrected chi connectivity index (χ3v) is 6.44. The monoisotopic (exact) mass is 460 g/mol. The number of carbonyl (C=O) groups excluding carboxylic acids is 1. The maximum Gasteiger partial charge on any atom is 0.391 e. The van der Waals surface area contributed by atoms with Crippen LogP contribution in [0.3, 0.4) is 0 Å². The lowest BCUT2D eigenvalue weighted by molar-refractivity contribution is -0.184. The fourth-order valence-electron chi connectivity index (χ4n) is 3.97. The molecule has 1 aliphatic carbocycles. The van der Waals surface area contributed by atoms with Gasteiger partial charge in [-0.25, -0.2) is 0 Å². The van der Waals surface area contributed by atoms with Gasteiger partial charge < -0.3 is 5.32 Å². The summed E-state index contributed by atoms with van der Waals surface area (Å²) in [4.78, 5) is 12.5. The normalized spacial score (nSPS) is 19.0. The van der Waals surface area contributed by atoms with Gasteiger partial charge in [0.15, 0.2) is 11.0 Å². The van der Waals surface area contributed by atoms with Crippen LogP contribution in [0.5, 0.6) is 0 Å². The van der Waals surface area contributed by atoms with E-state index in [1.165, 1.54) is 11.8 Å². The number of benzene rings is 2. The smallest absolute Gasteiger partial charge is 0.353 e. The van der Waals surface area contributed by atoms with Crippen molar-refractivity contribution in [2.75, 3.05) is 5.75 Å². The summed E-state index contributed by atoms with van der Waals surface area (Å²) >= 11 is 1.22. The zero-order valence-electron chi connectivity index (χ0n) is 17.3. The van der Waals surface area contributed by atoms with E-state index in [4.69, 9.17) is 0 Å². The van der Waals surface area contributed by atoms with Gasteiger partial charge in [0.2, 0.25) is 5.91 Å². The largest absolute Gasteiger partial charge is 0.391 e. The van der Waals surface area contributed by atoms with Gasteiger partial charge in [-0.2, -0.15) is 13.2 Å². The molecule has 1 fully saturated rings. The molecule has 32 heavy (non-hydrogen) atoms. The SMILES string of the molecule is O=C(CSc1nnc(-c2ccccc2)n1-c1ccccc1)NC1CCCC(C(F)(F)F)C1. The highest BCUT2D eigenvalue weighted by atomic mass is 32.2. The van der Waals surface area contributed by atoms with Crippen LogP contribution < -0.4 is 5.32 Å². The van der Waals surface area contributed by atoms with Gasteiger partial charge in [-0.05, 0) is 31.4 Å². The average molecular weight is 461 g/mol. The molecule has 2 aromatic carbocycles. The summed E-state index contributed by atoms with van der Waals surface area (Å²) in [5.74, 6) is -0.942. The zero-order chi connectivity index (χ0) is 22.6. The highest BCUT2D eigenvalue weighted by Crippen LogP contribution is 2.37. The lowest BCUT2D eigenvalue weighted by Crippen LogP contribution is -2.42. The fraction of sp³-hybridized carbons (Fsp3) is 0.348. The molecule has 0 bridgehead atoms. The van der Waals surface area contributed by atoms with E-state index in [1.807, 2.05) is 65.2 Å². The van der Waals surface area contributed by atoms with Crippen molar-refractivity contribution in [2.24, 2.45) is 5.92 Å². The van der Waals surface area contributed by atoms with Gasteiger partial charge in [-0.1, -0.05) is 66.7 Å². The number of nitrogens with zero attached hydrogens (tertiary/aromatic N) is 3. The summed E-state index contributed by atoms with van der Waals surface area (Å²) in [6, 6.07) is 18.8. The number of aromatic nitrogens is 3. The van der Waals surface area contributed by atoms with Crippen LogP contribution in [0.1, 0.15) is 25.7 Å². The van der Waals surface area contributed by atoms with Gasteiger partial charge in [-0.3, -0.25) is 9.36 Å². The Morgan fingerprint density at radius 2 is 1.72 bits per heavy atom. The van der Waals surface area contributed by atoms with Crippen LogP contribution in [0.2, 0.25) is 0 Å². The van der Waals surface area contributed by atoms with Crippen LogP contribution in [0.15, 0.2) is 65.8 Å². The third-order valence-electron chi connectivity index (χ3n) is 5.51. The number of nitrogens with one attached hydrogen (secondary N) is 1. The number of amides is 1. The molecule has 1 heterocycles. The molecule has 5 nitrogen and oxygen atoms in total. The van der Waals surface area contributed by atoms with Crippen LogP contribution in [0, 0.1) is 5.92 Å². The molecule has 1 N–H and O–H groups in total. The minimum atomic E-state index is -4.21. The van der Waals surface area contributed by atoms with E-state index >= 15 is 0 Å². The first-order valence-electron chi connectivity index (χ1n) is 10.5. The number of hydrogen-bond acceptors (Lipinski definition) is 4. The molecular formula is C23H23F3N4OS. The number of halogens is 3. The van der Waals surface area contributed by atoms with Crippen LogP contribution in [-0.2, 0) is 4.79 Å². The van der Waals surface area contributed by atoms with E-state index in [0.717, 1.165) is 11.3 Å².